The van der Waals surface area contributed by atoms with Crippen molar-refractivity contribution in [3.63, 3.8) is 0 Å². The number of carboxylic acid groups (broad SMARTS) is 1. The maximum absolute atomic E-state index is 12.7. The lowest BCUT2D eigenvalue weighted by Gasteiger charge is -2.28. The number of ketones is 1. The monoisotopic (exact) mass is 309 g/mol. The third-order valence-electron chi connectivity index (χ3n) is 3.53. The molecule has 2 N–H and O–H groups in total. The van der Waals surface area contributed by atoms with Crippen LogP contribution < -0.4 is 10.1 Å². The lowest BCUT2D eigenvalue weighted by atomic mass is 9.91. The summed E-state index contributed by atoms with van der Waals surface area (Å²) >= 11 is 0. The van der Waals surface area contributed by atoms with Gasteiger partial charge in [0.25, 0.3) is 0 Å². The van der Waals surface area contributed by atoms with Crippen LogP contribution in [0.3, 0.4) is 0 Å². The minimum atomic E-state index is -0.998. The van der Waals surface area contributed by atoms with Crippen molar-refractivity contribution < 1.29 is 19.4 Å². The first-order valence-electron chi connectivity index (χ1n) is 7.17. The van der Waals surface area contributed by atoms with Crippen molar-refractivity contribution in [2.45, 2.75) is 6.10 Å². The van der Waals surface area contributed by atoms with E-state index in [9.17, 15) is 9.59 Å². The highest BCUT2D eigenvalue weighted by atomic mass is 16.5. The molecule has 23 heavy (non-hydrogen) atoms. The first-order valence-corrected chi connectivity index (χ1v) is 7.17. The van der Waals surface area contributed by atoms with Gasteiger partial charge in [-0.1, -0.05) is 42.5 Å². The number of aliphatic carboxylic acids is 1. The lowest BCUT2D eigenvalue weighted by Crippen LogP contribution is -2.27. The van der Waals surface area contributed by atoms with Crippen molar-refractivity contribution in [1.82, 2.24) is 5.32 Å². The van der Waals surface area contributed by atoms with Crippen LogP contribution >= 0.6 is 0 Å². The molecule has 0 aliphatic carbocycles. The average molecular weight is 309 g/mol. The molecule has 1 aliphatic rings. The lowest BCUT2D eigenvalue weighted by molar-refractivity contribution is -0.135. The molecule has 5 nitrogen and oxygen atoms in total. The highest BCUT2D eigenvalue weighted by molar-refractivity contribution is 6.12. The maximum atomic E-state index is 12.7. The number of carboxylic acids is 1. The van der Waals surface area contributed by atoms with Crippen LogP contribution in [0.15, 0.2) is 66.4 Å². The molecule has 0 spiro atoms. The predicted octanol–water partition coefficient (Wildman–Crippen LogP) is 2.56. The Morgan fingerprint density at radius 1 is 1.13 bits per heavy atom. The molecule has 5 heteroatoms. The average Bonchev–Trinajstić information content (AvgIpc) is 2.57. The number of carbonyl (C=O) groups is 2. The second-order valence-electron chi connectivity index (χ2n) is 5.11. The van der Waals surface area contributed by atoms with Gasteiger partial charge in [0.05, 0.1) is 11.1 Å². The van der Waals surface area contributed by atoms with Crippen LogP contribution in [-0.4, -0.2) is 23.4 Å². The molecule has 2 aromatic carbocycles. The third-order valence-corrected chi connectivity index (χ3v) is 3.53. The van der Waals surface area contributed by atoms with Gasteiger partial charge in [-0.05, 0) is 17.7 Å². The van der Waals surface area contributed by atoms with E-state index in [0.29, 0.717) is 16.9 Å². The summed E-state index contributed by atoms with van der Waals surface area (Å²) in [5.41, 5.74) is 1.69. The zero-order chi connectivity index (χ0) is 16.2. The van der Waals surface area contributed by atoms with E-state index in [-0.39, 0.29) is 12.3 Å². The van der Waals surface area contributed by atoms with Crippen molar-refractivity contribution in [3.05, 3.63) is 77.5 Å². The van der Waals surface area contributed by atoms with Crippen LogP contribution in [0.2, 0.25) is 0 Å². The molecular formula is C18H15NO4. The zero-order valence-electron chi connectivity index (χ0n) is 12.2. The van der Waals surface area contributed by atoms with Gasteiger partial charge in [-0.25, -0.2) is 0 Å². The molecule has 0 bridgehead atoms. The molecule has 1 atom stereocenters. The molecule has 116 valence electrons. The van der Waals surface area contributed by atoms with Gasteiger partial charge in [0.1, 0.15) is 12.3 Å². The Morgan fingerprint density at radius 3 is 2.57 bits per heavy atom. The number of para-hydroxylation sites is 1. The molecule has 1 unspecified atom stereocenters. The van der Waals surface area contributed by atoms with E-state index in [2.05, 4.69) is 5.32 Å². The molecular weight excluding hydrogens is 294 g/mol. The summed E-state index contributed by atoms with van der Waals surface area (Å²) < 4.78 is 5.98. The van der Waals surface area contributed by atoms with Gasteiger partial charge in [0.15, 0.2) is 11.9 Å². The van der Waals surface area contributed by atoms with E-state index in [4.69, 9.17) is 9.84 Å². The van der Waals surface area contributed by atoms with E-state index < -0.39 is 12.1 Å². The smallest absolute Gasteiger partial charge is 0.322 e. The number of fused-ring (bicyclic) bond motifs is 1. The molecule has 0 radical (unpaired) electrons. The Kier molecular flexibility index (Phi) is 4.10. The summed E-state index contributed by atoms with van der Waals surface area (Å²) in [6.07, 6.45) is 0.865. The zero-order valence-corrected chi connectivity index (χ0v) is 12.2. The molecule has 2 aromatic rings. The molecule has 0 aromatic heterocycles. The number of ether oxygens (including phenoxy) is 1. The van der Waals surface area contributed by atoms with Crippen molar-refractivity contribution in [1.29, 1.82) is 0 Å². The fourth-order valence-electron chi connectivity index (χ4n) is 2.49. The number of nitrogens with one attached hydrogen (secondary N) is 1. The van der Waals surface area contributed by atoms with Crippen molar-refractivity contribution >= 4 is 11.8 Å². The Bertz CT molecular complexity index is 768. The van der Waals surface area contributed by atoms with Crippen LogP contribution in [0, 0.1) is 0 Å². The van der Waals surface area contributed by atoms with E-state index in [1.165, 1.54) is 6.20 Å². The largest absolute Gasteiger partial charge is 0.480 e. The maximum Gasteiger partial charge on any atom is 0.322 e. The Balaban J connectivity index is 2.01. The number of Topliss-reactive ketones (excluding diaryl/α,β-unsaturated/α-hetero) is 1. The molecule has 0 fully saturated rings. The molecule has 0 saturated heterocycles. The fraction of sp³-hybridized carbons (Fsp3) is 0.111. The Hall–Kier alpha value is -3.08. The van der Waals surface area contributed by atoms with Crippen molar-refractivity contribution in [2.75, 3.05) is 6.54 Å². The van der Waals surface area contributed by atoms with Crippen molar-refractivity contribution in [3.8, 4) is 5.75 Å². The number of benzene rings is 2. The standard InChI is InChI=1S/C18H15NO4/c20-16(21)11-19-10-14-17(22)13-8-4-5-9-15(13)23-18(14)12-6-2-1-3-7-12/h1-10,18-19H,11H2,(H,20,21). The topological polar surface area (TPSA) is 75.6 Å². The minimum Gasteiger partial charge on any atom is -0.480 e. The number of hydrogen-bond donors (Lipinski definition) is 2. The summed E-state index contributed by atoms with van der Waals surface area (Å²) in [7, 11) is 0. The Morgan fingerprint density at radius 2 is 1.83 bits per heavy atom. The van der Waals surface area contributed by atoms with Crippen LogP contribution in [0.1, 0.15) is 22.0 Å². The van der Waals surface area contributed by atoms with Gasteiger partial charge in [0, 0.05) is 6.20 Å². The summed E-state index contributed by atoms with van der Waals surface area (Å²) in [6.45, 7) is -0.264. The normalized spacial score (nSPS) is 18.2. The van der Waals surface area contributed by atoms with Crippen LogP contribution in [0.5, 0.6) is 5.75 Å². The molecule has 1 heterocycles. The SMILES string of the molecule is O=C(O)CNC=C1C(=O)c2ccccc2OC1c1ccccc1. The quantitative estimate of drug-likeness (QED) is 0.849. The summed E-state index contributed by atoms with van der Waals surface area (Å²) in [6, 6.07) is 16.4. The molecule has 0 saturated carbocycles. The van der Waals surface area contributed by atoms with Crippen molar-refractivity contribution in [2.24, 2.45) is 0 Å². The number of rotatable bonds is 4. The van der Waals surface area contributed by atoms with Gasteiger partial charge < -0.3 is 15.2 Å². The highest BCUT2D eigenvalue weighted by Gasteiger charge is 2.32. The number of hydrogen-bond acceptors (Lipinski definition) is 4. The second kappa shape index (κ2) is 6.36. The first-order chi connectivity index (χ1) is 11.2. The van der Waals surface area contributed by atoms with Gasteiger partial charge in [-0.3, -0.25) is 9.59 Å². The Labute approximate surface area is 133 Å². The fourth-order valence-corrected chi connectivity index (χ4v) is 2.49. The van der Waals surface area contributed by atoms with Gasteiger partial charge in [-0.15, -0.1) is 0 Å². The van der Waals surface area contributed by atoms with Crippen LogP contribution in [-0.2, 0) is 4.79 Å². The van der Waals surface area contributed by atoms with Gasteiger partial charge in [0.2, 0.25) is 0 Å². The predicted molar refractivity (Wildman–Crippen MR) is 84.3 cm³/mol. The van der Waals surface area contributed by atoms with E-state index >= 15 is 0 Å². The number of carbonyl (C=O) groups excluding carboxylic acids is 1. The van der Waals surface area contributed by atoms with E-state index in [0.717, 1.165) is 5.56 Å². The van der Waals surface area contributed by atoms with Gasteiger partial charge in [-0.2, -0.15) is 0 Å². The first kappa shape index (κ1) is 14.8. The molecule has 1 aliphatic heterocycles. The van der Waals surface area contributed by atoms with Gasteiger partial charge >= 0.3 is 5.97 Å². The van der Waals surface area contributed by atoms with E-state index in [1.807, 2.05) is 36.4 Å². The molecule has 0 amide bonds. The van der Waals surface area contributed by atoms with Crippen LogP contribution in [0.25, 0.3) is 0 Å². The minimum absolute atomic E-state index is 0.168. The second-order valence-corrected chi connectivity index (χ2v) is 5.11. The highest BCUT2D eigenvalue weighted by Crippen LogP contribution is 2.37. The van der Waals surface area contributed by atoms with Crippen LogP contribution in [0.4, 0.5) is 0 Å². The summed E-state index contributed by atoms with van der Waals surface area (Å²) in [4.78, 5) is 23.4. The molecule has 3 rings (SSSR count). The summed E-state index contributed by atoms with van der Waals surface area (Å²) in [5.74, 6) is -0.636. The third kappa shape index (κ3) is 3.08. The summed E-state index contributed by atoms with van der Waals surface area (Å²) in [5, 5.41) is 11.4. The van der Waals surface area contributed by atoms with E-state index in [1.54, 1.807) is 18.2 Å².